The van der Waals surface area contributed by atoms with Gasteiger partial charge in [0.05, 0.1) is 26.3 Å². The van der Waals surface area contributed by atoms with E-state index in [1.807, 2.05) is 36.7 Å². The van der Waals surface area contributed by atoms with Gasteiger partial charge in [-0.1, -0.05) is 23.2 Å². The minimum Gasteiger partial charge on any atom is -0.336 e. The molecule has 2 heterocycles. The highest BCUT2D eigenvalue weighted by Crippen LogP contribution is 2.27. The molecule has 4 rings (SSSR count). The molecule has 0 radical (unpaired) electrons. The van der Waals surface area contributed by atoms with Crippen molar-refractivity contribution in [1.29, 1.82) is 0 Å². The van der Waals surface area contributed by atoms with E-state index < -0.39 is 10.0 Å². The summed E-state index contributed by atoms with van der Waals surface area (Å²) in [5, 5.41) is 4.94. The molecule has 10 heteroatoms. The fourth-order valence-corrected chi connectivity index (χ4v) is 5.55. The molecule has 1 aliphatic heterocycles. The van der Waals surface area contributed by atoms with Crippen molar-refractivity contribution in [2.24, 2.45) is 0 Å². The Morgan fingerprint density at radius 1 is 0.906 bits per heavy atom. The molecule has 1 saturated heterocycles. The Bertz CT molecular complexity index is 1260. The van der Waals surface area contributed by atoms with Gasteiger partial charge in [-0.15, -0.1) is 0 Å². The molecular weight excluding hydrogens is 471 g/mol. The fourth-order valence-electron chi connectivity index (χ4n) is 3.74. The minimum absolute atomic E-state index is 0.0893. The summed E-state index contributed by atoms with van der Waals surface area (Å²) in [4.78, 5) is 14.7. The molecule has 1 aliphatic rings. The van der Waals surface area contributed by atoms with Crippen molar-refractivity contribution in [1.82, 2.24) is 19.0 Å². The lowest BCUT2D eigenvalue weighted by molar-refractivity contribution is 0.0698. The van der Waals surface area contributed by atoms with Gasteiger partial charge in [0.25, 0.3) is 5.91 Å². The molecule has 0 atom stereocenters. The van der Waals surface area contributed by atoms with Crippen LogP contribution in [0.5, 0.6) is 0 Å². The fraction of sp³-hybridized carbons (Fsp3) is 0.273. The van der Waals surface area contributed by atoms with Crippen molar-refractivity contribution in [2.45, 2.75) is 18.7 Å². The number of benzene rings is 2. The average molecular weight is 493 g/mol. The molecule has 32 heavy (non-hydrogen) atoms. The molecule has 2 aromatic carbocycles. The number of aromatic nitrogens is 2. The standard InChI is InChI=1S/C22H22Cl2N4O3S/c1-15-13-16(2)28(25-15)18-5-3-17(4-6-18)22(29)26-9-11-27(12-10-26)32(30,31)19-7-8-20(23)21(24)14-19/h3-8,13-14H,9-12H2,1-2H3. The second kappa shape index (κ2) is 8.86. The Labute approximate surface area is 197 Å². The number of sulfonamides is 1. The van der Waals surface area contributed by atoms with Crippen molar-refractivity contribution >= 4 is 39.1 Å². The normalized spacial score (nSPS) is 15.2. The van der Waals surface area contributed by atoms with Gasteiger partial charge in [-0.2, -0.15) is 9.40 Å². The largest absolute Gasteiger partial charge is 0.336 e. The number of aryl methyl sites for hydroxylation is 2. The zero-order valence-electron chi connectivity index (χ0n) is 17.6. The highest BCUT2D eigenvalue weighted by atomic mass is 35.5. The topological polar surface area (TPSA) is 75.5 Å². The maximum atomic E-state index is 12.9. The molecule has 7 nitrogen and oxygen atoms in total. The van der Waals surface area contributed by atoms with Gasteiger partial charge < -0.3 is 4.90 Å². The summed E-state index contributed by atoms with van der Waals surface area (Å²) >= 11 is 11.9. The van der Waals surface area contributed by atoms with Crippen molar-refractivity contribution in [3.05, 3.63) is 75.5 Å². The van der Waals surface area contributed by atoms with E-state index in [9.17, 15) is 13.2 Å². The SMILES string of the molecule is Cc1cc(C)n(-c2ccc(C(=O)N3CCN(S(=O)(=O)c4ccc(Cl)c(Cl)c4)CC3)cc2)n1. The maximum absolute atomic E-state index is 12.9. The predicted octanol–water partition coefficient (Wildman–Crippen LogP) is 3.94. The van der Waals surface area contributed by atoms with Gasteiger partial charge in [0.1, 0.15) is 0 Å². The van der Waals surface area contributed by atoms with Crippen LogP contribution in [0.15, 0.2) is 53.4 Å². The molecular formula is C22H22Cl2N4O3S. The molecule has 0 aliphatic carbocycles. The first-order chi connectivity index (χ1) is 15.2. The average Bonchev–Trinajstić information content (AvgIpc) is 3.13. The van der Waals surface area contributed by atoms with Gasteiger partial charge in [-0.25, -0.2) is 13.1 Å². The van der Waals surface area contributed by atoms with E-state index in [-0.39, 0.29) is 28.9 Å². The molecule has 0 saturated carbocycles. The van der Waals surface area contributed by atoms with Crippen molar-refractivity contribution in [3.63, 3.8) is 0 Å². The van der Waals surface area contributed by atoms with E-state index in [2.05, 4.69) is 5.10 Å². The Hall–Kier alpha value is -2.39. The van der Waals surface area contributed by atoms with E-state index >= 15 is 0 Å². The number of hydrogen-bond acceptors (Lipinski definition) is 4. The molecule has 0 N–H and O–H groups in total. The summed E-state index contributed by atoms with van der Waals surface area (Å²) in [5.41, 5.74) is 3.37. The van der Waals surface area contributed by atoms with Crippen molar-refractivity contribution in [3.8, 4) is 5.69 Å². The third kappa shape index (κ3) is 4.41. The van der Waals surface area contributed by atoms with Gasteiger partial charge in [0, 0.05) is 37.4 Å². The number of rotatable bonds is 4. The van der Waals surface area contributed by atoms with Crippen LogP contribution < -0.4 is 0 Å². The van der Waals surface area contributed by atoms with E-state index in [0.29, 0.717) is 23.7 Å². The highest BCUT2D eigenvalue weighted by Gasteiger charge is 2.30. The first kappa shape index (κ1) is 22.8. The van der Waals surface area contributed by atoms with Crippen LogP contribution in [0, 0.1) is 13.8 Å². The van der Waals surface area contributed by atoms with Crippen LogP contribution in [-0.4, -0.2) is 59.5 Å². The number of amides is 1. The third-order valence-electron chi connectivity index (χ3n) is 5.42. The first-order valence-electron chi connectivity index (χ1n) is 10.0. The molecule has 168 valence electrons. The zero-order chi connectivity index (χ0) is 23.0. The van der Waals surface area contributed by atoms with Crippen LogP contribution in [0.25, 0.3) is 5.69 Å². The summed E-state index contributed by atoms with van der Waals surface area (Å²) in [6.45, 7) is 4.93. The molecule has 1 fully saturated rings. The summed E-state index contributed by atoms with van der Waals surface area (Å²) < 4.78 is 29.0. The van der Waals surface area contributed by atoms with Crippen LogP contribution in [0.4, 0.5) is 0 Å². The van der Waals surface area contributed by atoms with E-state index in [1.54, 1.807) is 17.0 Å². The zero-order valence-corrected chi connectivity index (χ0v) is 20.0. The number of nitrogens with zero attached hydrogens (tertiary/aromatic N) is 4. The molecule has 0 bridgehead atoms. The quantitative estimate of drug-likeness (QED) is 0.552. The number of carbonyl (C=O) groups excluding carboxylic acids is 1. The summed E-state index contributed by atoms with van der Waals surface area (Å²) in [6, 6.07) is 13.5. The second-order valence-electron chi connectivity index (χ2n) is 7.66. The number of halogens is 2. The number of carbonyl (C=O) groups is 1. The summed E-state index contributed by atoms with van der Waals surface area (Å²) in [5.74, 6) is -0.128. The van der Waals surface area contributed by atoms with E-state index in [4.69, 9.17) is 23.2 Å². The summed E-state index contributed by atoms with van der Waals surface area (Å²) in [6.07, 6.45) is 0. The van der Waals surface area contributed by atoms with Crippen LogP contribution in [0.2, 0.25) is 10.0 Å². The molecule has 0 spiro atoms. The van der Waals surface area contributed by atoms with Gasteiger partial charge in [0.2, 0.25) is 10.0 Å². The predicted molar refractivity (Wildman–Crippen MR) is 124 cm³/mol. The third-order valence-corrected chi connectivity index (χ3v) is 8.06. The maximum Gasteiger partial charge on any atom is 0.253 e. The van der Waals surface area contributed by atoms with E-state index in [1.165, 1.54) is 22.5 Å². The lowest BCUT2D eigenvalue weighted by Crippen LogP contribution is -2.50. The monoisotopic (exact) mass is 492 g/mol. The Morgan fingerprint density at radius 3 is 2.12 bits per heavy atom. The Morgan fingerprint density at radius 2 is 1.56 bits per heavy atom. The Kier molecular flexibility index (Phi) is 6.31. The van der Waals surface area contributed by atoms with Gasteiger partial charge in [-0.05, 0) is 62.4 Å². The molecule has 0 unspecified atom stereocenters. The smallest absolute Gasteiger partial charge is 0.253 e. The first-order valence-corrected chi connectivity index (χ1v) is 12.2. The lowest BCUT2D eigenvalue weighted by Gasteiger charge is -2.34. The summed E-state index contributed by atoms with van der Waals surface area (Å²) in [7, 11) is -3.71. The van der Waals surface area contributed by atoms with Crippen LogP contribution in [-0.2, 0) is 10.0 Å². The highest BCUT2D eigenvalue weighted by molar-refractivity contribution is 7.89. The lowest BCUT2D eigenvalue weighted by atomic mass is 10.1. The van der Waals surface area contributed by atoms with Crippen LogP contribution in [0.1, 0.15) is 21.7 Å². The van der Waals surface area contributed by atoms with Gasteiger partial charge >= 0.3 is 0 Å². The van der Waals surface area contributed by atoms with Crippen LogP contribution >= 0.6 is 23.2 Å². The second-order valence-corrected chi connectivity index (χ2v) is 10.4. The van der Waals surface area contributed by atoms with Crippen molar-refractivity contribution in [2.75, 3.05) is 26.2 Å². The van der Waals surface area contributed by atoms with Crippen molar-refractivity contribution < 1.29 is 13.2 Å². The minimum atomic E-state index is -3.71. The Balaban J connectivity index is 1.43. The van der Waals surface area contributed by atoms with Gasteiger partial charge in [-0.3, -0.25) is 4.79 Å². The number of piperazine rings is 1. The van der Waals surface area contributed by atoms with E-state index in [0.717, 1.165) is 17.1 Å². The molecule has 3 aromatic rings. The number of hydrogen-bond donors (Lipinski definition) is 0. The van der Waals surface area contributed by atoms with Gasteiger partial charge in [0.15, 0.2) is 0 Å². The van der Waals surface area contributed by atoms with Crippen LogP contribution in [0.3, 0.4) is 0 Å². The molecule has 1 aromatic heterocycles. The molecule has 1 amide bonds.